The number of esters is 1. The van der Waals surface area contributed by atoms with Gasteiger partial charge in [0, 0.05) is 5.57 Å². The van der Waals surface area contributed by atoms with Crippen molar-refractivity contribution in [3.63, 3.8) is 0 Å². The highest BCUT2D eigenvalue weighted by atomic mass is 16.6. The molecule has 27 heavy (non-hydrogen) atoms. The molecule has 11 nitrogen and oxygen atoms in total. The van der Waals surface area contributed by atoms with Gasteiger partial charge in [0.05, 0.1) is 45.1 Å². The molecule has 3 atom stereocenters. The van der Waals surface area contributed by atoms with Gasteiger partial charge < -0.3 is 19.3 Å². The third kappa shape index (κ3) is 4.62. The summed E-state index contributed by atoms with van der Waals surface area (Å²) in [5, 5.41) is 10.1. The van der Waals surface area contributed by atoms with Crippen LogP contribution in [0.2, 0.25) is 0 Å². The molecule has 1 aromatic rings. The van der Waals surface area contributed by atoms with E-state index < -0.39 is 42.3 Å². The summed E-state index contributed by atoms with van der Waals surface area (Å²) in [6.45, 7) is 4.91. The molecule has 3 heterocycles. The van der Waals surface area contributed by atoms with Crippen molar-refractivity contribution in [3.05, 3.63) is 43.6 Å². The summed E-state index contributed by atoms with van der Waals surface area (Å²) in [7, 11) is 0. The van der Waals surface area contributed by atoms with Crippen LogP contribution in [-0.2, 0) is 38.6 Å². The molecular weight excluding hydrogens is 362 g/mol. The molecule has 3 unspecified atom stereocenters. The van der Waals surface area contributed by atoms with Crippen molar-refractivity contribution in [2.75, 3.05) is 19.8 Å². The van der Waals surface area contributed by atoms with E-state index in [0.717, 1.165) is 13.7 Å². The van der Waals surface area contributed by atoms with Crippen molar-refractivity contribution in [1.29, 1.82) is 0 Å². The predicted octanol–water partition coefficient (Wildman–Crippen LogP) is -2.55. The Kier molecular flexibility index (Phi) is 5.44. The predicted molar refractivity (Wildman–Crippen MR) is 90.5 cm³/mol. The van der Waals surface area contributed by atoms with Gasteiger partial charge >= 0.3 is 23.0 Å². The van der Waals surface area contributed by atoms with Gasteiger partial charge in [-0.15, -0.1) is 0 Å². The van der Waals surface area contributed by atoms with Crippen molar-refractivity contribution in [2.24, 2.45) is 0 Å². The lowest BCUT2D eigenvalue weighted by molar-refractivity contribution is -0.142. The van der Waals surface area contributed by atoms with Crippen LogP contribution >= 0.6 is 0 Å². The summed E-state index contributed by atoms with van der Waals surface area (Å²) in [6.07, 6.45) is -1.82. The molecule has 0 radical (unpaired) electrons. The van der Waals surface area contributed by atoms with Crippen molar-refractivity contribution < 1.29 is 24.1 Å². The molecule has 2 saturated heterocycles. The van der Waals surface area contributed by atoms with E-state index >= 15 is 0 Å². The molecule has 2 aliphatic rings. The zero-order valence-corrected chi connectivity index (χ0v) is 14.8. The number of carbonyl (C=O) groups is 1. The van der Waals surface area contributed by atoms with Gasteiger partial charge in [-0.2, -0.15) is 0 Å². The van der Waals surface area contributed by atoms with Crippen LogP contribution in [0.1, 0.15) is 6.92 Å². The topological polar surface area (TPSA) is 138 Å². The number of epoxide rings is 2. The fourth-order valence-corrected chi connectivity index (χ4v) is 2.46. The molecule has 2 fully saturated rings. The summed E-state index contributed by atoms with van der Waals surface area (Å²) < 4.78 is 17.5. The monoisotopic (exact) mass is 383 g/mol. The second kappa shape index (κ2) is 7.62. The van der Waals surface area contributed by atoms with Crippen LogP contribution < -0.4 is 17.1 Å². The molecule has 0 saturated carbocycles. The van der Waals surface area contributed by atoms with Crippen LogP contribution in [0.15, 0.2) is 26.5 Å². The molecule has 2 aliphatic heterocycles. The minimum atomic E-state index is -1.31. The highest BCUT2D eigenvalue weighted by Crippen LogP contribution is 2.10. The van der Waals surface area contributed by atoms with Gasteiger partial charge in [0.2, 0.25) is 0 Å². The number of nitrogens with zero attached hydrogens (tertiary/aromatic N) is 3. The van der Waals surface area contributed by atoms with Crippen molar-refractivity contribution in [3.8, 4) is 0 Å². The number of hydrogen-bond donors (Lipinski definition) is 1. The van der Waals surface area contributed by atoms with E-state index in [1.807, 2.05) is 0 Å². The van der Waals surface area contributed by atoms with E-state index in [4.69, 9.17) is 14.2 Å². The van der Waals surface area contributed by atoms with E-state index in [1.54, 1.807) is 0 Å². The van der Waals surface area contributed by atoms with Crippen LogP contribution in [0.4, 0.5) is 0 Å². The first-order chi connectivity index (χ1) is 12.8. The second-order valence-electron chi connectivity index (χ2n) is 6.62. The highest BCUT2D eigenvalue weighted by molar-refractivity contribution is 5.86. The van der Waals surface area contributed by atoms with Crippen LogP contribution in [0.3, 0.4) is 0 Å². The van der Waals surface area contributed by atoms with E-state index in [0.29, 0.717) is 13.2 Å². The number of aromatic nitrogens is 3. The largest absolute Gasteiger partial charge is 0.460 e. The molecular formula is C16H21N3O8. The first-order valence-corrected chi connectivity index (χ1v) is 8.46. The molecule has 11 heteroatoms. The molecule has 0 aromatic carbocycles. The van der Waals surface area contributed by atoms with Gasteiger partial charge in [-0.1, -0.05) is 6.58 Å². The first kappa shape index (κ1) is 19.3. The number of hydrogen-bond acceptors (Lipinski definition) is 8. The lowest BCUT2D eigenvalue weighted by atomic mass is 10.3. The number of carbonyl (C=O) groups excluding carboxylic acids is 1. The quantitative estimate of drug-likeness (QED) is 0.279. The van der Waals surface area contributed by atoms with Gasteiger partial charge in [-0.3, -0.25) is 0 Å². The van der Waals surface area contributed by atoms with Gasteiger partial charge in [-0.25, -0.2) is 32.9 Å². The Morgan fingerprint density at radius 2 is 1.56 bits per heavy atom. The van der Waals surface area contributed by atoms with Crippen LogP contribution in [0.5, 0.6) is 0 Å². The molecule has 0 amide bonds. The Hall–Kier alpha value is -2.50. The average molecular weight is 383 g/mol. The minimum Gasteiger partial charge on any atom is -0.460 e. The highest BCUT2D eigenvalue weighted by Gasteiger charge is 2.30. The van der Waals surface area contributed by atoms with E-state index in [1.165, 1.54) is 6.92 Å². The molecule has 148 valence electrons. The van der Waals surface area contributed by atoms with Crippen LogP contribution in [0.25, 0.3) is 0 Å². The lowest BCUT2D eigenvalue weighted by Gasteiger charge is -2.16. The Morgan fingerprint density at radius 1 is 1.11 bits per heavy atom. The average Bonchev–Trinajstić information content (AvgIpc) is 3.52. The SMILES string of the molecule is C=C(C)C(=O)OCC(O)Cn1c(=O)n(CC2CO2)c(=O)n(CC2CO2)c1=O. The maximum atomic E-state index is 12.6. The third-order valence-corrected chi connectivity index (χ3v) is 4.11. The second-order valence-corrected chi connectivity index (χ2v) is 6.62. The Bertz CT molecular complexity index is 867. The normalized spacial score (nSPS) is 21.6. The molecule has 0 aliphatic carbocycles. The summed E-state index contributed by atoms with van der Waals surface area (Å²) in [4.78, 5) is 49.1. The van der Waals surface area contributed by atoms with Gasteiger partial charge in [0.25, 0.3) is 0 Å². The summed E-state index contributed by atoms with van der Waals surface area (Å²) >= 11 is 0. The molecule has 0 spiro atoms. The van der Waals surface area contributed by atoms with E-state index in [9.17, 15) is 24.3 Å². The van der Waals surface area contributed by atoms with Gasteiger partial charge in [0.15, 0.2) is 0 Å². The van der Waals surface area contributed by atoms with Crippen LogP contribution in [0, 0.1) is 0 Å². The van der Waals surface area contributed by atoms with E-state index in [-0.39, 0.29) is 30.9 Å². The van der Waals surface area contributed by atoms with E-state index in [2.05, 4.69) is 6.58 Å². The third-order valence-electron chi connectivity index (χ3n) is 4.11. The maximum Gasteiger partial charge on any atom is 0.336 e. The summed E-state index contributed by atoms with van der Waals surface area (Å²) in [5.74, 6) is -0.694. The van der Waals surface area contributed by atoms with Gasteiger partial charge in [-0.05, 0) is 6.92 Å². The molecule has 0 bridgehead atoms. The number of ether oxygens (including phenoxy) is 3. The summed E-state index contributed by atoms with van der Waals surface area (Å²) in [5.41, 5.74) is -2.28. The Morgan fingerprint density at radius 3 is 1.96 bits per heavy atom. The van der Waals surface area contributed by atoms with Crippen molar-refractivity contribution in [2.45, 2.75) is 44.9 Å². The fraction of sp³-hybridized carbons (Fsp3) is 0.625. The van der Waals surface area contributed by atoms with Crippen molar-refractivity contribution >= 4 is 5.97 Å². The van der Waals surface area contributed by atoms with Crippen molar-refractivity contribution in [1.82, 2.24) is 13.7 Å². The van der Waals surface area contributed by atoms with Crippen LogP contribution in [-0.4, -0.2) is 62.9 Å². The zero-order chi connectivity index (χ0) is 19.7. The lowest BCUT2D eigenvalue weighted by Crippen LogP contribution is -2.56. The number of aliphatic hydroxyl groups excluding tert-OH is 1. The summed E-state index contributed by atoms with van der Waals surface area (Å²) in [6, 6.07) is 0. The smallest absolute Gasteiger partial charge is 0.336 e. The molecule has 1 aromatic heterocycles. The standard InChI is InChI=1S/C16H21N3O8/c1-9(2)13(21)27-6-10(20)3-17-14(22)18(4-11-7-25-11)16(24)19(15(17)23)5-12-8-26-12/h10-12,20H,1,3-8H2,2H3. The maximum absolute atomic E-state index is 12.6. The number of aliphatic hydroxyl groups is 1. The number of rotatable bonds is 9. The minimum absolute atomic E-state index is 0.0181. The first-order valence-electron chi connectivity index (χ1n) is 8.46. The zero-order valence-electron chi connectivity index (χ0n) is 14.8. The van der Waals surface area contributed by atoms with Gasteiger partial charge in [0.1, 0.15) is 12.7 Å². The Labute approximate surface area is 153 Å². The molecule has 3 rings (SSSR count). The Balaban J connectivity index is 1.87. The fourth-order valence-electron chi connectivity index (χ4n) is 2.46. The molecule has 1 N–H and O–H groups in total.